The van der Waals surface area contributed by atoms with Crippen LogP contribution in [-0.2, 0) is 4.74 Å². The van der Waals surface area contributed by atoms with Gasteiger partial charge in [-0.3, -0.25) is 4.90 Å². The second-order valence-electron chi connectivity index (χ2n) is 4.86. The monoisotopic (exact) mass is 281 g/mol. The Morgan fingerprint density at radius 3 is 2.75 bits per heavy atom. The van der Waals surface area contributed by atoms with Crippen molar-refractivity contribution in [3.63, 3.8) is 0 Å². The third-order valence-electron chi connectivity index (χ3n) is 3.73. The summed E-state index contributed by atoms with van der Waals surface area (Å²) in [6.07, 6.45) is -0.869. The van der Waals surface area contributed by atoms with Gasteiger partial charge in [0, 0.05) is 13.1 Å². The van der Waals surface area contributed by atoms with Crippen LogP contribution in [0.4, 0.5) is 0 Å². The summed E-state index contributed by atoms with van der Waals surface area (Å²) in [5.41, 5.74) is 0.783. The predicted molar refractivity (Wildman–Crippen MR) is 76.4 cm³/mol. The van der Waals surface area contributed by atoms with E-state index >= 15 is 0 Å². The van der Waals surface area contributed by atoms with E-state index in [0.717, 1.165) is 25.2 Å². The zero-order valence-corrected chi connectivity index (χ0v) is 12.3. The number of benzene rings is 1. The van der Waals surface area contributed by atoms with Gasteiger partial charge < -0.3 is 19.3 Å². The molecule has 0 bridgehead atoms. The molecule has 2 rings (SSSR count). The van der Waals surface area contributed by atoms with Crippen LogP contribution in [0.1, 0.15) is 18.6 Å². The first-order chi connectivity index (χ1) is 9.69. The van der Waals surface area contributed by atoms with E-state index in [1.807, 2.05) is 6.07 Å². The Morgan fingerprint density at radius 1 is 1.35 bits per heavy atom. The van der Waals surface area contributed by atoms with Gasteiger partial charge in [-0.15, -0.1) is 0 Å². The Hall–Kier alpha value is -1.30. The van der Waals surface area contributed by atoms with Gasteiger partial charge in [0.25, 0.3) is 0 Å². The molecule has 1 fully saturated rings. The number of rotatable bonds is 5. The summed E-state index contributed by atoms with van der Waals surface area (Å²) in [6.45, 7) is 5.41. The molecule has 1 aliphatic rings. The first-order valence-corrected chi connectivity index (χ1v) is 6.93. The number of likely N-dealkylation sites (N-methyl/N-ethyl adjacent to an activating group) is 1. The second kappa shape index (κ2) is 6.92. The minimum atomic E-state index is -0.663. The quantitative estimate of drug-likeness (QED) is 0.885. The van der Waals surface area contributed by atoms with Crippen LogP contribution in [-0.4, -0.2) is 56.6 Å². The zero-order chi connectivity index (χ0) is 14.5. The van der Waals surface area contributed by atoms with Crippen LogP contribution in [0.15, 0.2) is 18.2 Å². The molecule has 0 amide bonds. The zero-order valence-electron chi connectivity index (χ0n) is 12.3. The lowest BCUT2D eigenvalue weighted by molar-refractivity contribution is -0.0889. The van der Waals surface area contributed by atoms with E-state index in [1.165, 1.54) is 0 Å². The summed E-state index contributed by atoms with van der Waals surface area (Å²) < 4.78 is 16.2. The number of ether oxygens (including phenoxy) is 3. The Morgan fingerprint density at radius 2 is 2.10 bits per heavy atom. The van der Waals surface area contributed by atoms with Crippen LogP contribution < -0.4 is 9.47 Å². The minimum absolute atomic E-state index is 0.207. The van der Waals surface area contributed by atoms with Gasteiger partial charge in [0.15, 0.2) is 11.5 Å². The van der Waals surface area contributed by atoms with Crippen molar-refractivity contribution >= 4 is 0 Å². The lowest BCUT2D eigenvalue weighted by Crippen LogP contribution is -2.44. The molecule has 5 nitrogen and oxygen atoms in total. The number of nitrogens with zero attached hydrogens (tertiary/aromatic N) is 1. The van der Waals surface area contributed by atoms with Gasteiger partial charge in [-0.25, -0.2) is 0 Å². The van der Waals surface area contributed by atoms with Gasteiger partial charge >= 0.3 is 0 Å². The fourth-order valence-electron chi connectivity index (χ4n) is 2.46. The maximum atomic E-state index is 10.5. The molecule has 5 heteroatoms. The van der Waals surface area contributed by atoms with Crippen LogP contribution in [0, 0.1) is 0 Å². The van der Waals surface area contributed by atoms with Crippen LogP contribution >= 0.6 is 0 Å². The summed E-state index contributed by atoms with van der Waals surface area (Å²) in [5, 5.41) is 10.5. The molecule has 1 aromatic carbocycles. The molecule has 2 atom stereocenters. The predicted octanol–water partition coefficient (Wildman–Crippen LogP) is 1.46. The second-order valence-corrected chi connectivity index (χ2v) is 4.86. The molecule has 0 radical (unpaired) electrons. The summed E-state index contributed by atoms with van der Waals surface area (Å²) in [4.78, 5) is 2.28. The SMILES string of the molecule is CCN1CCOC(C(O)c2ccc(OC)c(OC)c2)C1. The van der Waals surface area contributed by atoms with Gasteiger partial charge in [0.2, 0.25) is 0 Å². The summed E-state index contributed by atoms with van der Waals surface area (Å²) in [5.74, 6) is 1.27. The van der Waals surface area contributed by atoms with Crippen molar-refractivity contribution in [2.75, 3.05) is 40.5 Å². The average molecular weight is 281 g/mol. The highest BCUT2D eigenvalue weighted by Gasteiger charge is 2.27. The molecule has 2 unspecified atom stereocenters. The number of morpholine rings is 1. The molecule has 1 aliphatic heterocycles. The Bertz CT molecular complexity index is 438. The normalized spacial score (nSPS) is 21.5. The van der Waals surface area contributed by atoms with E-state index in [0.29, 0.717) is 18.1 Å². The third kappa shape index (κ3) is 3.23. The molecule has 20 heavy (non-hydrogen) atoms. The van der Waals surface area contributed by atoms with E-state index in [9.17, 15) is 5.11 Å². The number of methoxy groups -OCH3 is 2. The van der Waals surface area contributed by atoms with Crippen LogP contribution in [0.5, 0.6) is 11.5 Å². The van der Waals surface area contributed by atoms with Crippen molar-refractivity contribution in [3.05, 3.63) is 23.8 Å². The molecule has 1 aromatic rings. The lowest BCUT2D eigenvalue weighted by Gasteiger charge is -2.34. The maximum absolute atomic E-state index is 10.5. The standard InChI is InChI=1S/C15H23NO4/c1-4-16-7-8-20-14(10-16)15(17)11-5-6-12(18-2)13(9-11)19-3/h5-6,9,14-15,17H,4,7-8,10H2,1-3H3. The summed E-state index contributed by atoms with van der Waals surface area (Å²) in [7, 11) is 3.18. The molecular formula is C15H23NO4. The van der Waals surface area contributed by atoms with Crippen molar-refractivity contribution in [3.8, 4) is 11.5 Å². The molecule has 0 saturated carbocycles. The number of aliphatic hydroxyl groups excluding tert-OH is 1. The molecule has 1 saturated heterocycles. The lowest BCUT2D eigenvalue weighted by atomic mass is 10.0. The van der Waals surface area contributed by atoms with E-state index in [4.69, 9.17) is 14.2 Å². The Balaban J connectivity index is 2.13. The smallest absolute Gasteiger partial charge is 0.161 e. The summed E-state index contributed by atoms with van der Waals surface area (Å²) in [6, 6.07) is 5.45. The average Bonchev–Trinajstić information content (AvgIpc) is 2.53. The summed E-state index contributed by atoms with van der Waals surface area (Å²) >= 11 is 0. The molecule has 1 heterocycles. The van der Waals surface area contributed by atoms with Gasteiger partial charge in [0.1, 0.15) is 12.2 Å². The molecule has 0 aromatic heterocycles. The van der Waals surface area contributed by atoms with Crippen LogP contribution in [0.2, 0.25) is 0 Å². The van der Waals surface area contributed by atoms with E-state index in [1.54, 1.807) is 26.4 Å². The van der Waals surface area contributed by atoms with Gasteiger partial charge in [-0.1, -0.05) is 13.0 Å². The van der Waals surface area contributed by atoms with Crippen molar-refractivity contribution in [1.29, 1.82) is 0 Å². The minimum Gasteiger partial charge on any atom is -0.493 e. The Kier molecular flexibility index (Phi) is 5.23. The van der Waals surface area contributed by atoms with Crippen LogP contribution in [0.3, 0.4) is 0 Å². The highest BCUT2D eigenvalue weighted by Crippen LogP contribution is 2.32. The topological polar surface area (TPSA) is 51.2 Å². The highest BCUT2D eigenvalue weighted by atomic mass is 16.5. The maximum Gasteiger partial charge on any atom is 0.161 e. The molecular weight excluding hydrogens is 258 g/mol. The van der Waals surface area contributed by atoms with E-state index < -0.39 is 6.10 Å². The van der Waals surface area contributed by atoms with Crippen molar-refractivity contribution < 1.29 is 19.3 Å². The van der Waals surface area contributed by atoms with Crippen LogP contribution in [0.25, 0.3) is 0 Å². The van der Waals surface area contributed by atoms with Crippen molar-refractivity contribution in [2.24, 2.45) is 0 Å². The number of hydrogen-bond donors (Lipinski definition) is 1. The molecule has 0 spiro atoms. The van der Waals surface area contributed by atoms with Gasteiger partial charge in [-0.2, -0.15) is 0 Å². The van der Waals surface area contributed by atoms with Crippen molar-refractivity contribution in [1.82, 2.24) is 4.90 Å². The first-order valence-electron chi connectivity index (χ1n) is 6.93. The van der Waals surface area contributed by atoms with Gasteiger partial charge in [0.05, 0.1) is 20.8 Å². The first kappa shape index (κ1) is 15.1. The van der Waals surface area contributed by atoms with E-state index in [-0.39, 0.29) is 6.10 Å². The van der Waals surface area contributed by atoms with Crippen molar-refractivity contribution in [2.45, 2.75) is 19.1 Å². The molecule has 112 valence electrons. The largest absolute Gasteiger partial charge is 0.493 e. The fraction of sp³-hybridized carbons (Fsp3) is 0.600. The van der Waals surface area contributed by atoms with Gasteiger partial charge in [-0.05, 0) is 24.2 Å². The highest BCUT2D eigenvalue weighted by molar-refractivity contribution is 5.43. The Labute approximate surface area is 120 Å². The number of aliphatic hydroxyl groups is 1. The molecule has 0 aliphatic carbocycles. The van der Waals surface area contributed by atoms with E-state index in [2.05, 4.69) is 11.8 Å². The molecule has 1 N–H and O–H groups in total. The third-order valence-corrected chi connectivity index (χ3v) is 3.73. The fourth-order valence-corrected chi connectivity index (χ4v) is 2.46. The number of hydrogen-bond acceptors (Lipinski definition) is 5.